The van der Waals surface area contributed by atoms with Crippen LogP contribution in [0.25, 0.3) is 0 Å². The van der Waals surface area contributed by atoms with E-state index >= 15 is 0 Å². The van der Waals surface area contributed by atoms with Crippen molar-refractivity contribution in [2.24, 2.45) is 5.10 Å². The van der Waals surface area contributed by atoms with Gasteiger partial charge in [0, 0.05) is 13.1 Å². The van der Waals surface area contributed by atoms with Crippen molar-refractivity contribution in [2.45, 2.75) is 26.2 Å². The molecular weight excluding hydrogens is 438 g/mol. The molecule has 1 aliphatic rings. The van der Waals surface area contributed by atoms with Crippen LogP contribution in [0.2, 0.25) is 0 Å². The summed E-state index contributed by atoms with van der Waals surface area (Å²) in [5.74, 6) is 1.84. The Hall–Kier alpha value is -3.75. The Morgan fingerprint density at radius 3 is 2.38 bits per heavy atom. The second-order valence-corrected chi connectivity index (χ2v) is 7.63. The number of likely N-dealkylation sites (tertiary alicyclic amines) is 1. The Labute approximate surface area is 199 Å². The summed E-state index contributed by atoms with van der Waals surface area (Å²) >= 11 is 0. The number of amides is 2. The fraction of sp³-hybridized carbons (Fsp3) is 0.400. The number of nitrogens with one attached hydrogen (secondary N) is 1. The molecule has 0 spiro atoms. The zero-order chi connectivity index (χ0) is 24.2. The van der Waals surface area contributed by atoms with E-state index in [9.17, 15) is 9.59 Å². The maximum atomic E-state index is 12.4. The highest BCUT2D eigenvalue weighted by Crippen LogP contribution is 2.28. The van der Waals surface area contributed by atoms with Gasteiger partial charge in [0.2, 0.25) is 0 Å². The molecule has 2 amide bonds. The molecule has 0 aliphatic carbocycles. The molecule has 9 heteroatoms. The minimum absolute atomic E-state index is 0.0210. The molecule has 0 bridgehead atoms. The Bertz CT molecular complexity index is 971. The fourth-order valence-corrected chi connectivity index (χ4v) is 3.40. The average Bonchev–Trinajstić information content (AvgIpc) is 2.88. The maximum Gasteiger partial charge on any atom is 0.277 e. The molecule has 1 N–H and O–H groups in total. The van der Waals surface area contributed by atoms with Gasteiger partial charge in [0.05, 0.1) is 19.9 Å². The van der Waals surface area contributed by atoms with E-state index in [-0.39, 0.29) is 19.1 Å². The molecule has 1 saturated heterocycles. The van der Waals surface area contributed by atoms with Crippen molar-refractivity contribution in [1.29, 1.82) is 0 Å². The van der Waals surface area contributed by atoms with Crippen molar-refractivity contribution < 1.29 is 28.5 Å². The molecule has 1 heterocycles. The number of piperidine rings is 1. The van der Waals surface area contributed by atoms with Crippen LogP contribution < -0.4 is 24.4 Å². The molecule has 182 valence electrons. The molecule has 0 atom stereocenters. The van der Waals surface area contributed by atoms with Crippen molar-refractivity contribution in [3.8, 4) is 23.0 Å². The minimum Gasteiger partial charge on any atom is -0.497 e. The smallest absolute Gasteiger partial charge is 0.277 e. The molecule has 34 heavy (non-hydrogen) atoms. The van der Waals surface area contributed by atoms with Gasteiger partial charge in [-0.3, -0.25) is 9.59 Å². The maximum absolute atomic E-state index is 12.4. The highest BCUT2D eigenvalue weighted by atomic mass is 16.5. The first-order valence-corrected chi connectivity index (χ1v) is 11.3. The summed E-state index contributed by atoms with van der Waals surface area (Å²) in [6, 6.07) is 12.2. The number of hydrogen-bond donors (Lipinski definition) is 1. The van der Waals surface area contributed by atoms with E-state index in [0.717, 1.165) is 32.4 Å². The van der Waals surface area contributed by atoms with Gasteiger partial charge in [-0.1, -0.05) is 0 Å². The van der Waals surface area contributed by atoms with Crippen LogP contribution in [0.5, 0.6) is 23.0 Å². The van der Waals surface area contributed by atoms with Gasteiger partial charge in [0.15, 0.2) is 24.7 Å². The number of benzene rings is 2. The average molecular weight is 470 g/mol. The summed E-state index contributed by atoms with van der Waals surface area (Å²) in [6.45, 7) is 3.67. The molecule has 2 aromatic rings. The van der Waals surface area contributed by atoms with Gasteiger partial charge in [-0.2, -0.15) is 5.10 Å². The standard InChI is InChI=1S/C25H31N3O6/c1-3-32-23-15-19(7-12-22(23)34-18-25(30)28-13-5-4-6-14-28)16-26-27-24(29)17-33-21-10-8-20(31-2)9-11-21/h7-12,15-16H,3-6,13-14,17-18H2,1-2H3,(H,27,29)/b26-16+. The monoisotopic (exact) mass is 469 g/mol. The summed E-state index contributed by atoms with van der Waals surface area (Å²) < 4.78 is 21.9. The highest BCUT2D eigenvalue weighted by molar-refractivity contribution is 5.84. The van der Waals surface area contributed by atoms with Gasteiger partial charge in [-0.05, 0) is 74.2 Å². The predicted octanol–water partition coefficient (Wildman–Crippen LogP) is 3.01. The lowest BCUT2D eigenvalue weighted by Gasteiger charge is -2.26. The number of methoxy groups -OCH3 is 1. The van der Waals surface area contributed by atoms with Gasteiger partial charge in [0.25, 0.3) is 11.8 Å². The number of ether oxygens (including phenoxy) is 4. The first kappa shape index (κ1) is 24.9. The topological polar surface area (TPSA) is 98.7 Å². The van der Waals surface area contributed by atoms with E-state index in [4.69, 9.17) is 18.9 Å². The Morgan fingerprint density at radius 2 is 1.68 bits per heavy atom. The highest BCUT2D eigenvalue weighted by Gasteiger charge is 2.17. The van der Waals surface area contributed by atoms with Gasteiger partial charge in [0.1, 0.15) is 11.5 Å². The first-order chi connectivity index (χ1) is 16.6. The molecule has 9 nitrogen and oxygen atoms in total. The zero-order valence-corrected chi connectivity index (χ0v) is 19.6. The molecule has 0 aromatic heterocycles. The quantitative estimate of drug-likeness (QED) is 0.401. The number of carbonyl (C=O) groups excluding carboxylic acids is 2. The van der Waals surface area contributed by atoms with E-state index < -0.39 is 5.91 Å². The largest absolute Gasteiger partial charge is 0.497 e. The van der Waals surface area contributed by atoms with Gasteiger partial charge >= 0.3 is 0 Å². The SMILES string of the molecule is CCOc1cc(/C=N/NC(=O)COc2ccc(OC)cc2)ccc1OCC(=O)N1CCCCC1. The van der Waals surface area contributed by atoms with Crippen LogP contribution in [0.15, 0.2) is 47.6 Å². The van der Waals surface area contributed by atoms with Gasteiger partial charge in [-0.15, -0.1) is 0 Å². The van der Waals surface area contributed by atoms with Crippen LogP contribution in [0.4, 0.5) is 0 Å². The Balaban J connectivity index is 1.49. The van der Waals surface area contributed by atoms with Crippen molar-refractivity contribution in [2.75, 3.05) is 40.0 Å². The molecule has 0 saturated carbocycles. The van der Waals surface area contributed by atoms with Crippen LogP contribution in [0.1, 0.15) is 31.7 Å². The van der Waals surface area contributed by atoms with Crippen molar-refractivity contribution >= 4 is 18.0 Å². The normalized spacial score (nSPS) is 13.4. The molecule has 1 aliphatic heterocycles. The van der Waals surface area contributed by atoms with Crippen molar-refractivity contribution in [1.82, 2.24) is 10.3 Å². The lowest BCUT2D eigenvalue weighted by molar-refractivity contribution is -0.134. The van der Waals surface area contributed by atoms with E-state index in [1.54, 1.807) is 49.6 Å². The van der Waals surface area contributed by atoms with E-state index in [1.807, 2.05) is 11.8 Å². The zero-order valence-electron chi connectivity index (χ0n) is 19.6. The third-order valence-corrected chi connectivity index (χ3v) is 5.16. The molecule has 1 fully saturated rings. The fourth-order valence-electron chi connectivity index (χ4n) is 3.40. The predicted molar refractivity (Wildman–Crippen MR) is 128 cm³/mol. The Morgan fingerprint density at radius 1 is 0.941 bits per heavy atom. The molecular formula is C25H31N3O6. The van der Waals surface area contributed by atoms with Crippen LogP contribution in [0.3, 0.4) is 0 Å². The second kappa shape index (κ2) is 13.1. The lowest BCUT2D eigenvalue weighted by Crippen LogP contribution is -2.38. The van der Waals surface area contributed by atoms with E-state index in [2.05, 4.69) is 10.5 Å². The molecule has 0 unspecified atom stereocenters. The van der Waals surface area contributed by atoms with Crippen LogP contribution in [0, 0.1) is 0 Å². The van der Waals surface area contributed by atoms with Crippen LogP contribution >= 0.6 is 0 Å². The summed E-state index contributed by atoms with van der Waals surface area (Å²) in [5, 5.41) is 3.97. The molecule has 2 aromatic carbocycles. The van der Waals surface area contributed by atoms with Gasteiger partial charge in [-0.25, -0.2) is 5.43 Å². The van der Waals surface area contributed by atoms with E-state index in [0.29, 0.717) is 35.2 Å². The number of nitrogens with zero attached hydrogens (tertiary/aromatic N) is 2. The number of rotatable bonds is 11. The summed E-state index contributed by atoms with van der Waals surface area (Å²) in [7, 11) is 1.58. The number of carbonyl (C=O) groups is 2. The molecule has 3 rings (SSSR count). The summed E-state index contributed by atoms with van der Waals surface area (Å²) in [6.07, 6.45) is 4.73. The summed E-state index contributed by atoms with van der Waals surface area (Å²) in [4.78, 5) is 26.2. The second-order valence-electron chi connectivity index (χ2n) is 7.63. The van der Waals surface area contributed by atoms with Crippen molar-refractivity contribution in [3.63, 3.8) is 0 Å². The van der Waals surface area contributed by atoms with Crippen molar-refractivity contribution in [3.05, 3.63) is 48.0 Å². The first-order valence-electron chi connectivity index (χ1n) is 11.3. The van der Waals surface area contributed by atoms with E-state index in [1.165, 1.54) is 6.21 Å². The van der Waals surface area contributed by atoms with Crippen LogP contribution in [-0.4, -0.2) is 62.9 Å². The summed E-state index contributed by atoms with van der Waals surface area (Å²) in [5.41, 5.74) is 3.13. The third kappa shape index (κ3) is 7.68. The molecule has 0 radical (unpaired) electrons. The minimum atomic E-state index is -0.395. The third-order valence-electron chi connectivity index (χ3n) is 5.16. The lowest BCUT2D eigenvalue weighted by atomic mass is 10.1. The number of hydrogen-bond acceptors (Lipinski definition) is 7. The van der Waals surface area contributed by atoms with Crippen LogP contribution in [-0.2, 0) is 9.59 Å². The number of hydrazone groups is 1. The van der Waals surface area contributed by atoms with Gasteiger partial charge < -0.3 is 23.8 Å². The Kier molecular flexibility index (Phi) is 9.57.